The number of fused-ring (bicyclic) bond motifs is 1. The van der Waals surface area contributed by atoms with Crippen LogP contribution in [-0.2, 0) is 10.0 Å². The lowest BCUT2D eigenvalue weighted by Gasteiger charge is -2.44. The molecule has 172 valence electrons. The van der Waals surface area contributed by atoms with E-state index in [4.69, 9.17) is 0 Å². The lowest BCUT2D eigenvalue weighted by molar-refractivity contribution is 0.144. The molecule has 0 aliphatic carbocycles. The van der Waals surface area contributed by atoms with E-state index >= 15 is 0 Å². The fourth-order valence-corrected chi connectivity index (χ4v) is 4.31. The lowest BCUT2D eigenvalue weighted by atomic mass is 10.0. The van der Waals surface area contributed by atoms with Crippen LogP contribution >= 0.6 is 0 Å². The van der Waals surface area contributed by atoms with Crippen LogP contribution in [0.3, 0.4) is 0 Å². The summed E-state index contributed by atoms with van der Waals surface area (Å²) in [5.74, 6) is 0.639. The summed E-state index contributed by atoms with van der Waals surface area (Å²) in [6.45, 7) is 4.88. The van der Waals surface area contributed by atoms with Gasteiger partial charge >= 0.3 is 0 Å². The Morgan fingerprint density at radius 1 is 1.25 bits per heavy atom. The molecule has 3 unspecified atom stereocenters. The van der Waals surface area contributed by atoms with Gasteiger partial charge in [-0.25, -0.2) is 41.4 Å². The summed E-state index contributed by atoms with van der Waals surface area (Å²) < 4.78 is 53.2. The van der Waals surface area contributed by atoms with Crippen molar-refractivity contribution in [3.63, 3.8) is 0 Å². The molecule has 10 nitrogen and oxygen atoms in total. The van der Waals surface area contributed by atoms with Gasteiger partial charge in [-0.1, -0.05) is 0 Å². The summed E-state index contributed by atoms with van der Waals surface area (Å²) >= 11 is 0. The number of alkyl halides is 2. The Hall–Kier alpha value is -2.77. The molecule has 4 heterocycles. The first kappa shape index (κ1) is 22.4. The molecule has 32 heavy (non-hydrogen) atoms. The molecule has 0 bridgehead atoms. The Bertz CT molecular complexity index is 1220. The van der Waals surface area contributed by atoms with Crippen LogP contribution in [0, 0.1) is 0 Å². The number of hydrogen-bond donors (Lipinski definition) is 2. The van der Waals surface area contributed by atoms with Gasteiger partial charge in [0.2, 0.25) is 10.0 Å². The number of nitrogens with one attached hydrogen (secondary N) is 2. The molecule has 13 heteroatoms. The second-order valence-electron chi connectivity index (χ2n) is 7.92. The quantitative estimate of drug-likeness (QED) is 0.557. The van der Waals surface area contributed by atoms with E-state index in [-0.39, 0.29) is 30.4 Å². The molecular weight excluding hydrogens is 442 g/mol. The Labute approximate surface area is 184 Å². The van der Waals surface area contributed by atoms with Gasteiger partial charge in [-0.05, 0) is 26.0 Å². The largest absolute Gasteiger partial charge is 0.351 e. The fourth-order valence-electron chi connectivity index (χ4n) is 3.83. The third kappa shape index (κ3) is 4.69. The third-order valence-corrected chi connectivity index (χ3v) is 6.12. The molecule has 1 aliphatic rings. The van der Waals surface area contributed by atoms with E-state index in [1.54, 1.807) is 6.07 Å². The Kier molecular flexibility index (Phi) is 6.05. The molecule has 1 fully saturated rings. The van der Waals surface area contributed by atoms with Crippen molar-refractivity contribution in [3.8, 4) is 11.4 Å². The number of aromatic nitrogens is 5. The monoisotopic (exact) mass is 466 g/mol. The van der Waals surface area contributed by atoms with Crippen molar-refractivity contribution in [2.45, 2.75) is 38.4 Å². The first-order chi connectivity index (χ1) is 15.1. The van der Waals surface area contributed by atoms with Gasteiger partial charge in [0, 0.05) is 37.3 Å². The summed E-state index contributed by atoms with van der Waals surface area (Å²) in [5.41, 5.74) is 1.04. The van der Waals surface area contributed by atoms with Crippen molar-refractivity contribution in [2.75, 3.05) is 24.2 Å². The van der Waals surface area contributed by atoms with E-state index in [9.17, 15) is 17.2 Å². The molecule has 3 aromatic heterocycles. The Balaban J connectivity index is 1.65. The number of hydrogen-bond acceptors (Lipinski definition) is 8. The summed E-state index contributed by atoms with van der Waals surface area (Å²) in [5, 5.41) is 7.41. The number of imidazole rings is 1. The number of rotatable bonds is 6. The average Bonchev–Trinajstić information content (AvgIpc) is 3.17. The minimum atomic E-state index is -3.32. The maximum absolute atomic E-state index is 13.1. The van der Waals surface area contributed by atoms with Crippen LogP contribution in [0.4, 0.5) is 14.6 Å². The van der Waals surface area contributed by atoms with E-state index in [0.29, 0.717) is 29.4 Å². The second kappa shape index (κ2) is 8.64. The highest BCUT2D eigenvalue weighted by atomic mass is 32.2. The predicted octanol–water partition coefficient (Wildman–Crippen LogP) is 1.23. The lowest BCUT2D eigenvalue weighted by Crippen LogP contribution is -2.63. The zero-order chi connectivity index (χ0) is 23.0. The molecule has 0 saturated carbocycles. The zero-order valence-electron chi connectivity index (χ0n) is 17.8. The van der Waals surface area contributed by atoms with Crippen LogP contribution in [0.5, 0.6) is 0 Å². The number of sulfonamides is 1. The molecule has 0 radical (unpaired) electrons. The molecule has 0 aromatic carbocycles. The number of halogens is 2. The SMILES string of the molecule is CC1CN(c2cc(-c3cnc4ccc(C(F)F)nn34)ncn2)C(C)C(CNS(C)(=O)=O)N1. The van der Waals surface area contributed by atoms with Gasteiger partial charge < -0.3 is 10.2 Å². The molecule has 0 spiro atoms. The van der Waals surface area contributed by atoms with Gasteiger partial charge in [0.25, 0.3) is 6.43 Å². The molecule has 1 saturated heterocycles. The second-order valence-corrected chi connectivity index (χ2v) is 9.75. The fraction of sp³-hybridized carbons (Fsp3) is 0.474. The predicted molar refractivity (Wildman–Crippen MR) is 115 cm³/mol. The van der Waals surface area contributed by atoms with Crippen molar-refractivity contribution >= 4 is 21.5 Å². The normalized spacial score (nSPS) is 22.1. The highest BCUT2D eigenvalue weighted by Gasteiger charge is 2.32. The summed E-state index contributed by atoms with van der Waals surface area (Å²) in [6.07, 6.45) is 1.37. The summed E-state index contributed by atoms with van der Waals surface area (Å²) in [4.78, 5) is 15.0. The minimum Gasteiger partial charge on any atom is -0.351 e. The summed E-state index contributed by atoms with van der Waals surface area (Å²) in [6, 6.07) is 4.36. The van der Waals surface area contributed by atoms with Crippen molar-refractivity contribution < 1.29 is 17.2 Å². The molecule has 3 aromatic rings. The van der Waals surface area contributed by atoms with E-state index in [1.165, 1.54) is 29.2 Å². The number of anilines is 1. The van der Waals surface area contributed by atoms with Gasteiger partial charge in [-0.2, -0.15) is 5.10 Å². The van der Waals surface area contributed by atoms with E-state index in [2.05, 4.69) is 35.0 Å². The van der Waals surface area contributed by atoms with E-state index < -0.39 is 16.4 Å². The Morgan fingerprint density at radius 2 is 2.03 bits per heavy atom. The third-order valence-electron chi connectivity index (χ3n) is 5.42. The van der Waals surface area contributed by atoms with Crippen molar-refractivity contribution in [1.29, 1.82) is 0 Å². The zero-order valence-corrected chi connectivity index (χ0v) is 18.6. The first-order valence-electron chi connectivity index (χ1n) is 10.0. The van der Waals surface area contributed by atoms with Gasteiger partial charge in [0.1, 0.15) is 23.5 Å². The van der Waals surface area contributed by atoms with Crippen LogP contribution in [0.25, 0.3) is 17.0 Å². The van der Waals surface area contributed by atoms with E-state index in [0.717, 1.165) is 6.26 Å². The van der Waals surface area contributed by atoms with E-state index in [1.807, 2.05) is 13.8 Å². The van der Waals surface area contributed by atoms with Gasteiger partial charge in [0.05, 0.1) is 18.1 Å². The van der Waals surface area contributed by atoms with Crippen LogP contribution in [-0.4, -0.2) is 70.5 Å². The molecular formula is C19H24F2N8O2S. The topological polar surface area (TPSA) is 117 Å². The van der Waals surface area contributed by atoms with Crippen molar-refractivity contribution in [2.24, 2.45) is 0 Å². The van der Waals surface area contributed by atoms with Crippen molar-refractivity contribution in [1.82, 2.24) is 34.6 Å². The van der Waals surface area contributed by atoms with Crippen LogP contribution < -0.4 is 14.9 Å². The van der Waals surface area contributed by atoms with Gasteiger partial charge in [0.15, 0.2) is 5.65 Å². The molecule has 4 rings (SSSR count). The van der Waals surface area contributed by atoms with Crippen LogP contribution in [0.15, 0.2) is 30.7 Å². The van der Waals surface area contributed by atoms with Crippen molar-refractivity contribution in [3.05, 3.63) is 36.4 Å². The summed E-state index contributed by atoms with van der Waals surface area (Å²) in [7, 11) is -3.32. The molecule has 3 atom stereocenters. The van der Waals surface area contributed by atoms with Crippen LogP contribution in [0.2, 0.25) is 0 Å². The average molecular weight is 467 g/mol. The first-order valence-corrected chi connectivity index (χ1v) is 11.9. The van der Waals surface area contributed by atoms with Crippen LogP contribution in [0.1, 0.15) is 26.0 Å². The minimum absolute atomic E-state index is 0.0751. The highest BCUT2D eigenvalue weighted by molar-refractivity contribution is 7.88. The maximum atomic E-state index is 13.1. The number of piperazine rings is 1. The Morgan fingerprint density at radius 3 is 2.75 bits per heavy atom. The van der Waals surface area contributed by atoms with Gasteiger partial charge in [-0.3, -0.25) is 0 Å². The maximum Gasteiger partial charge on any atom is 0.282 e. The molecule has 1 aliphatic heterocycles. The smallest absolute Gasteiger partial charge is 0.282 e. The van der Waals surface area contributed by atoms with Gasteiger partial charge in [-0.15, -0.1) is 0 Å². The standard InChI is InChI=1S/C19H24F2N8O2S/c1-11-9-28(12(2)15(26-11)7-25-32(3,30)31)18-6-14(23-10-24-18)16-8-22-17-5-4-13(19(20)21)27-29(16)17/h4-6,8,10-12,15,19,25-26H,7,9H2,1-3H3. The highest BCUT2D eigenvalue weighted by Crippen LogP contribution is 2.26. The molecule has 0 amide bonds. The number of nitrogens with zero attached hydrogens (tertiary/aromatic N) is 6. The molecule has 2 N–H and O–H groups in total.